The molecule has 0 saturated heterocycles. The van der Waals surface area contributed by atoms with E-state index in [1.54, 1.807) is 30.3 Å². The molecule has 6 nitrogen and oxygen atoms in total. The van der Waals surface area contributed by atoms with Crippen molar-refractivity contribution in [2.75, 3.05) is 18.9 Å². The Morgan fingerprint density at radius 1 is 1.10 bits per heavy atom. The van der Waals surface area contributed by atoms with Gasteiger partial charge in [-0.3, -0.25) is 9.78 Å². The summed E-state index contributed by atoms with van der Waals surface area (Å²) in [5, 5.41) is 2.36. The molecule has 0 aliphatic rings. The van der Waals surface area contributed by atoms with Crippen LogP contribution in [-0.4, -0.2) is 37.2 Å². The molecule has 0 bridgehead atoms. The van der Waals surface area contributed by atoms with Crippen LogP contribution in [0.3, 0.4) is 0 Å². The van der Waals surface area contributed by atoms with Gasteiger partial charge in [-0.05, 0) is 23.8 Å². The SMILES string of the molecule is CN(CC(=O)Nc1c(F)cc(F)cc1-c1ccccc1)S(=O)(=O)c1cccnc1. The molecule has 2 aromatic carbocycles. The number of likely N-dealkylation sites (N-methyl/N-ethyl adjacent to an activating group) is 1. The molecule has 0 aliphatic heterocycles. The molecule has 0 aliphatic carbocycles. The van der Waals surface area contributed by atoms with Gasteiger partial charge in [-0.25, -0.2) is 17.2 Å². The van der Waals surface area contributed by atoms with Crippen molar-refractivity contribution < 1.29 is 22.0 Å². The molecule has 0 spiro atoms. The molecule has 0 saturated carbocycles. The number of benzene rings is 2. The minimum absolute atomic E-state index is 0.0757. The maximum Gasteiger partial charge on any atom is 0.244 e. The third-order valence-corrected chi connectivity index (χ3v) is 5.90. The van der Waals surface area contributed by atoms with E-state index in [0.29, 0.717) is 11.6 Å². The fourth-order valence-electron chi connectivity index (χ4n) is 2.69. The maximum absolute atomic E-state index is 14.4. The average molecular weight is 417 g/mol. The molecule has 9 heteroatoms. The molecule has 0 unspecified atom stereocenters. The Bertz CT molecular complexity index is 1120. The van der Waals surface area contributed by atoms with Crippen LogP contribution in [0.15, 0.2) is 71.9 Å². The Morgan fingerprint density at radius 3 is 2.48 bits per heavy atom. The third kappa shape index (κ3) is 4.64. The predicted octanol–water partition coefficient (Wildman–Crippen LogP) is 3.29. The highest BCUT2D eigenvalue weighted by Crippen LogP contribution is 2.31. The monoisotopic (exact) mass is 417 g/mol. The van der Waals surface area contributed by atoms with Gasteiger partial charge in [0.15, 0.2) is 0 Å². The van der Waals surface area contributed by atoms with Crippen molar-refractivity contribution in [1.29, 1.82) is 0 Å². The molecule has 29 heavy (non-hydrogen) atoms. The summed E-state index contributed by atoms with van der Waals surface area (Å²) in [6, 6.07) is 13.0. The largest absolute Gasteiger partial charge is 0.322 e. The summed E-state index contributed by atoms with van der Waals surface area (Å²) in [4.78, 5) is 16.1. The molecule has 0 radical (unpaired) electrons. The van der Waals surface area contributed by atoms with E-state index < -0.39 is 34.1 Å². The minimum atomic E-state index is -3.95. The van der Waals surface area contributed by atoms with Crippen molar-refractivity contribution >= 4 is 21.6 Å². The number of sulfonamides is 1. The van der Waals surface area contributed by atoms with Crippen LogP contribution in [0.5, 0.6) is 0 Å². The van der Waals surface area contributed by atoms with Crippen LogP contribution in [0.4, 0.5) is 14.5 Å². The zero-order valence-electron chi connectivity index (χ0n) is 15.3. The Balaban J connectivity index is 1.84. The predicted molar refractivity (Wildman–Crippen MR) is 104 cm³/mol. The van der Waals surface area contributed by atoms with E-state index in [4.69, 9.17) is 0 Å². The highest BCUT2D eigenvalue weighted by atomic mass is 32.2. The molecule has 1 N–H and O–H groups in total. The molecule has 3 aromatic rings. The molecular weight excluding hydrogens is 400 g/mol. The van der Waals surface area contributed by atoms with Crippen LogP contribution in [0.1, 0.15) is 0 Å². The first-order chi connectivity index (χ1) is 13.8. The number of carbonyl (C=O) groups excluding carboxylic acids is 1. The van der Waals surface area contributed by atoms with Crippen molar-refractivity contribution in [3.05, 3.63) is 78.6 Å². The number of pyridine rings is 1. The lowest BCUT2D eigenvalue weighted by atomic mass is 10.0. The summed E-state index contributed by atoms with van der Waals surface area (Å²) in [6.07, 6.45) is 2.59. The number of nitrogens with one attached hydrogen (secondary N) is 1. The first-order valence-corrected chi connectivity index (χ1v) is 9.93. The van der Waals surface area contributed by atoms with Gasteiger partial charge in [-0.2, -0.15) is 4.31 Å². The van der Waals surface area contributed by atoms with E-state index in [-0.39, 0.29) is 16.1 Å². The van der Waals surface area contributed by atoms with Crippen molar-refractivity contribution in [3.63, 3.8) is 0 Å². The Hall–Kier alpha value is -3.17. The number of hydrogen-bond donors (Lipinski definition) is 1. The topological polar surface area (TPSA) is 79.4 Å². The quantitative estimate of drug-likeness (QED) is 0.668. The van der Waals surface area contributed by atoms with E-state index in [1.165, 1.54) is 25.4 Å². The summed E-state index contributed by atoms with van der Waals surface area (Å²) in [5.74, 6) is -2.53. The molecule has 1 heterocycles. The summed E-state index contributed by atoms with van der Waals surface area (Å²) < 4.78 is 54.0. The van der Waals surface area contributed by atoms with E-state index >= 15 is 0 Å². The smallest absolute Gasteiger partial charge is 0.244 e. The number of aromatic nitrogens is 1. The third-order valence-electron chi connectivity index (χ3n) is 4.11. The van der Waals surface area contributed by atoms with Crippen molar-refractivity contribution in [3.8, 4) is 11.1 Å². The van der Waals surface area contributed by atoms with Gasteiger partial charge in [0, 0.05) is 31.1 Å². The molecule has 0 atom stereocenters. The fraction of sp³-hybridized carbons (Fsp3) is 0.100. The fourth-order valence-corrected chi connectivity index (χ4v) is 3.78. The Labute approximate surface area is 166 Å². The molecule has 3 rings (SSSR count). The van der Waals surface area contributed by atoms with Gasteiger partial charge in [0.2, 0.25) is 15.9 Å². The van der Waals surface area contributed by atoms with Crippen molar-refractivity contribution in [2.24, 2.45) is 0 Å². The summed E-state index contributed by atoms with van der Waals surface area (Å²) >= 11 is 0. The number of halogens is 2. The number of hydrogen-bond acceptors (Lipinski definition) is 4. The Morgan fingerprint density at radius 2 is 1.83 bits per heavy atom. The number of nitrogens with zero attached hydrogens (tertiary/aromatic N) is 2. The van der Waals surface area contributed by atoms with Gasteiger partial charge >= 0.3 is 0 Å². The molecule has 1 aromatic heterocycles. The van der Waals surface area contributed by atoms with Gasteiger partial charge in [0.25, 0.3) is 0 Å². The summed E-state index contributed by atoms with van der Waals surface area (Å²) in [7, 11) is -2.73. The number of rotatable bonds is 6. The number of anilines is 1. The zero-order chi connectivity index (χ0) is 21.0. The van der Waals surface area contributed by atoms with Crippen LogP contribution in [0.25, 0.3) is 11.1 Å². The lowest BCUT2D eigenvalue weighted by Crippen LogP contribution is -2.35. The second-order valence-corrected chi connectivity index (χ2v) is 8.22. The molecule has 0 fully saturated rings. The van der Waals surface area contributed by atoms with E-state index in [0.717, 1.165) is 16.6 Å². The van der Waals surface area contributed by atoms with Crippen molar-refractivity contribution in [1.82, 2.24) is 9.29 Å². The van der Waals surface area contributed by atoms with E-state index in [9.17, 15) is 22.0 Å². The highest BCUT2D eigenvalue weighted by Gasteiger charge is 2.24. The first kappa shape index (κ1) is 20.6. The van der Waals surface area contributed by atoms with Crippen LogP contribution < -0.4 is 5.32 Å². The second kappa shape index (κ2) is 8.46. The van der Waals surface area contributed by atoms with Gasteiger partial charge in [0.05, 0.1) is 12.2 Å². The van der Waals surface area contributed by atoms with Gasteiger partial charge in [0.1, 0.15) is 16.5 Å². The summed E-state index contributed by atoms with van der Waals surface area (Å²) in [6.45, 7) is -0.567. The minimum Gasteiger partial charge on any atom is -0.322 e. The van der Waals surface area contributed by atoms with Crippen molar-refractivity contribution in [2.45, 2.75) is 4.90 Å². The van der Waals surface area contributed by atoms with E-state index in [1.807, 2.05) is 0 Å². The standard InChI is InChI=1S/C20H17F2N3O3S/c1-25(29(27,28)16-8-5-9-23-12-16)13-19(26)24-20-17(10-15(21)11-18(20)22)14-6-3-2-4-7-14/h2-12H,13H2,1H3,(H,24,26). The van der Waals surface area contributed by atoms with Gasteiger partial charge in [-0.1, -0.05) is 30.3 Å². The lowest BCUT2D eigenvalue weighted by Gasteiger charge is -2.18. The molecule has 150 valence electrons. The normalized spacial score (nSPS) is 11.4. The van der Waals surface area contributed by atoms with Crippen LogP contribution in [0, 0.1) is 11.6 Å². The number of amides is 1. The van der Waals surface area contributed by atoms with Crippen LogP contribution >= 0.6 is 0 Å². The Kier molecular flexibility index (Phi) is 6.00. The van der Waals surface area contributed by atoms with E-state index in [2.05, 4.69) is 10.3 Å². The molecule has 1 amide bonds. The lowest BCUT2D eigenvalue weighted by molar-refractivity contribution is -0.116. The average Bonchev–Trinajstić information content (AvgIpc) is 2.71. The first-order valence-electron chi connectivity index (χ1n) is 8.49. The highest BCUT2D eigenvalue weighted by molar-refractivity contribution is 7.89. The van der Waals surface area contributed by atoms with Gasteiger partial charge < -0.3 is 5.32 Å². The van der Waals surface area contributed by atoms with Gasteiger partial charge in [-0.15, -0.1) is 0 Å². The molecular formula is C20H17F2N3O3S. The zero-order valence-corrected chi connectivity index (χ0v) is 16.2. The maximum atomic E-state index is 14.4. The van der Waals surface area contributed by atoms with Crippen LogP contribution in [0.2, 0.25) is 0 Å². The summed E-state index contributed by atoms with van der Waals surface area (Å²) in [5.41, 5.74) is 0.418. The number of carbonyl (C=O) groups is 1. The van der Waals surface area contributed by atoms with Crippen LogP contribution in [-0.2, 0) is 14.8 Å². The second-order valence-electron chi connectivity index (χ2n) is 6.17.